The largest absolute Gasteiger partial charge is 0.394 e. The Labute approximate surface area is 148 Å². The van der Waals surface area contributed by atoms with Crippen LogP contribution in [0.3, 0.4) is 0 Å². The number of hydrogen-bond acceptors (Lipinski definition) is 5. The van der Waals surface area contributed by atoms with Crippen LogP contribution < -0.4 is 5.32 Å². The van der Waals surface area contributed by atoms with E-state index in [1.54, 1.807) is 0 Å². The van der Waals surface area contributed by atoms with Gasteiger partial charge >= 0.3 is 0 Å². The number of aliphatic hydroxyl groups is 1. The van der Waals surface area contributed by atoms with Gasteiger partial charge in [-0.05, 0) is 35.4 Å². The van der Waals surface area contributed by atoms with Crippen LogP contribution in [0, 0.1) is 5.92 Å². The average molecular weight is 349 g/mol. The van der Waals surface area contributed by atoms with Crippen molar-refractivity contribution >= 4 is 17.5 Å². The normalized spacial score (nSPS) is 13.8. The lowest BCUT2D eigenvalue weighted by Gasteiger charge is -2.18. The van der Waals surface area contributed by atoms with Crippen LogP contribution in [0.1, 0.15) is 44.5 Å². The van der Waals surface area contributed by atoms with Crippen LogP contribution in [0.15, 0.2) is 30.3 Å². The predicted octanol–water partition coefficient (Wildman–Crippen LogP) is 3.69. The summed E-state index contributed by atoms with van der Waals surface area (Å²) >= 11 is 6.05. The zero-order valence-corrected chi connectivity index (χ0v) is 15.2. The van der Waals surface area contributed by atoms with Crippen molar-refractivity contribution in [3.05, 3.63) is 47.0 Å². The van der Waals surface area contributed by atoms with Crippen molar-refractivity contribution in [2.45, 2.75) is 45.6 Å². The third-order valence-electron chi connectivity index (χ3n) is 3.82. The van der Waals surface area contributed by atoms with Gasteiger partial charge in [-0.1, -0.05) is 51.1 Å². The summed E-state index contributed by atoms with van der Waals surface area (Å²) < 4.78 is 0. The van der Waals surface area contributed by atoms with E-state index in [1.807, 2.05) is 18.2 Å². The molecule has 0 aliphatic heterocycles. The van der Waals surface area contributed by atoms with Crippen LogP contribution in [0.4, 0.5) is 5.95 Å². The summed E-state index contributed by atoms with van der Waals surface area (Å²) in [5.41, 5.74) is 1.23. The second-order valence-corrected chi connectivity index (χ2v) is 6.85. The molecule has 0 radical (unpaired) electrons. The van der Waals surface area contributed by atoms with Gasteiger partial charge in [0.25, 0.3) is 0 Å². The number of hydrogen-bond donors (Lipinski definition) is 2. The highest BCUT2D eigenvalue weighted by Crippen LogP contribution is 2.20. The second kappa shape index (κ2) is 8.94. The van der Waals surface area contributed by atoms with Crippen molar-refractivity contribution in [2.24, 2.45) is 5.92 Å². The minimum Gasteiger partial charge on any atom is -0.394 e. The first-order chi connectivity index (χ1) is 11.5. The highest BCUT2D eigenvalue weighted by atomic mass is 35.5. The fraction of sp³-hybridized carbons (Fsp3) is 0.500. The Morgan fingerprint density at radius 2 is 1.79 bits per heavy atom. The van der Waals surface area contributed by atoms with E-state index >= 15 is 0 Å². The Kier molecular flexibility index (Phi) is 6.94. The van der Waals surface area contributed by atoms with Gasteiger partial charge in [-0.2, -0.15) is 9.97 Å². The zero-order valence-electron chi connectivity index (χ0n) is 14.4. The lowest BCUT2D eigenvalue weighted by atomic mass is 9.98. The van der Waals surface area contributed by atoms with E-state index in [2.05, 4.69) is 53.2 Å². The maximum atomic E-state index is 9.50. The Hall–Kier alpha value is -1.72. The number of aliphatic hydroxyl groups excluding tert-OH is 1. The minimum atomic E-state index is -0.0946. The van der Waals surface area contributed by atoms with Gasteiger partial charge in [-0.15, -0.1) is 0 Å². The molecule has 0 amide bonds. The molecular weight excluding hydrogens is 324 g/mol. The van der Waals surface area contributed by atoms with Crippen LogP contribution in [-0.4, -0.2) is 32.7 Å². The Morgan fingerprint density at radius 3 is 2.42 bits per heavy atom. The number of nitrogens with zero attached hydrogens (tertiary/aromatic N) is 3. The summed E-state index contributed by atoms with van der Waals surface area (Å²) in [5, 5.41) is 12.8. The molecule has 0 bridgehead atoms. The standard InChI is InChI=1S/C18H25ClN4O/c1-12(2)9-15(11-24)20-18-22-16(21-17(19)23-18)10-13(3)14-7-5-4-6-8-14/h4-8,12-13,15,24H,9-11H2,1-3H3,(H,20,21,22,23)/t13?,15-/m1/s1. The Morgan fingerprint density at radius 1 is 1.08 bits per heavy atom. The summed E-state index contributed by atoms with van der Waals surface area (Å²) in [6.45, 7) is 6.38. The van der Waals surface area contributed by atoms with Crippen molar-refractivity contribution in [1.29, 1.82) is 0 Å². The van der Waals surface area contributed by atoms with Gasteiger partial charge in [0, 0.05) is 6.42 Å². The van der Waals surface area contributed by atoms with Crippen molar-refractivity contribution < 1.29 is 5.11 Å². The fourth-order valence-corrected chi connectivity index (χ4v) is 2.83. The van der Waals surface area contributed by atoms with Crippen molar-refractivity contribution in [3.63, 3.8) is 0 Å². The van der Waals surface area contributed by atoms with E-state index in [9.17, 15) is 5.11 Å². The smallest absolute Gasteiger partial charge is 0.227 e. The van der Waals surface area contributed by atoms with E-state index in [0.717, 1.165) is 6.42 Å². The van der Waals surface area contributed by atoms with Gasteiger partial charge in [0.15, 0.2) is 0 Å². The molecule has 1 aromatic heterocycles. The Balaban J connectivity index is 2.10. The van der Waals surface area contributed by atoms with Crippen molar-refractivity contribution in [2.75, 3.05) is 11.9 Å². The van der Waals surface area contributed by atoms with Gasteiger partial charge in [-0.3, -0.25) is 0 Å². The summed E-state index contributed by atoms with van der Waals surface area (Å²) in [7, 11) is 0. The van der Waals surface area contributed by atoms with Gasteiger partial charge in [0.1, 0.15) is 5.82 Å². The molecule has 0 aliphatic rings. The molecule has 2 aromatic rings. The zero-order chi connectivity index (χ0) is 17.5. The number of aromatic nitrogens is 3. The lowest BCUT2D eigenvalue weighted by Crippen LogP contribution is -2.27. The summed E-state index contributed by atoms with van der Waals surface area (Å²) in [6, 6.07) is 10.1. The molecule has 1 heterocycles. The molecule has 2 rings (SSSR count). The van der Waals surface area contributed by atoms with Crippen LogP contribution in [-0.2, 0) is 6.42 Å². The molecule has 1 unspecified atom stereocenters. The molecule has 0 fully saturated rings. The molecule has 1 aromatic carbocycles. The van der Waals surface area contributed by atoms with Crippen LogP contribution in [0.2, 0.25) is 5.28 Å². The predicted molar refractivity (Wildman–Crippen MR) is 97.3 cm³/mol. The van der Waals surface area contributed by atoms with Gasteiger partial charge < -0.3 is 10.4 Å². The Bertz CT molecular complexity index is 636. The highest BCUT2D eigenvalue weighted by molar-refractivity contribution is 6.28. The van der Waals surface area contributed by atoms with Crippen molar-refractivity contribution in [1.82, 2.24) is 15.0 Å². The van der Waals surface area contributed by atoms with Crippen LogP contribution in [0.5, 0.6) is 0 Å². The number of rotatable bonds is 8. The molecule has 24 heavy (non-hydrogen) atoms. The van der Waals surface area contributed by atoms with Gasteiger partial charge in [-0.25, -0.2) is 4.98 Å². The van der Waals surface area contributed by atoms with E-state index in [-0.39, 0.29) is 23.9 Å². The van der Waals surface area contributed by atoms with Crippen LogP contribution in [0.25, 0.3) is 0 Å². The van der Waals surface area contributed by atoms with E-state index in [1.165, 1.54) is 5.56 Å². The van der Waals surface area contributed by atoms with E-state index < -0.39 is 0 Å². The maximum absolute atomic E-state index is 9.50. The third kappa shape index (κ3) is 5.73. The summed E-state index contributed by atoms with van der Waals surface area (Å²) in [6.07, 6.45) is 1.50. The SMILES string of the molecule is CC(C)C[C@H](CO)Nc1nc(Cl)nc(CC(C)c2ccccc2)n1. The van der Waals surface area contributed by atoms with Gasteiger partial charge in [0.2, 0.25) is 11.2 Å². The summed E-state index contributed by atoms with van der Waals surface area (Å²) in [5.74, 6) is 1.81. The molecule has 6 heteroatoms. The molecule has 0 saturated carbocycles. The van der Waals surface area contributed by atoms with E-state index in [4.69, 9.17) is 11.6 Å². The molecular formula is C18H25ClN4O. The lowest BCUT2D eigenvalue weighted by molar-refractivity contribution is 0.259. The molecule has 130 valence electrons. The first kappa shape index (κ1) is 18.6. The molecule has 0 saturated heterocycles. The fourth-order valence-electron chi connectivity index (χ4n) is 2.65. The van der Waals surface area contributed by atoms with E-state index in [0.29, 0.717) is 24.1 Å². The first-order valence-corrected chi connectivity index (χ1v) is 8.68. The molecule has 0 spiro atoms. The second-order valence-electron chi connectivity index (χ2n) is 6.51. The topological polar surface area (TPSA) is 70.9 Å². The average Bonchev–Trinajstić information content (AvgIpc) is 2.54. The minimum absolute atomic E-state index is 0.0250. The number of nitrogens with one attached hydrogen (secondary N) is 1. The number of anilines is 1. The maximum Gasteiger partial charge on any atom is 0.227 e. The van der Waals surface area contributed by atoms with Crippen molar-refractivity contribution in [3.8, 4) is 0 Å². The van der Waals surface area contributed by atoms with Crippen LogP contribution >= 0.6 is 11.6 Å². The molecule has 2 atom stereocenters. The number of benzene rings is 1. The number of halogens is 1. The monoisotopic (exact) mass is 348 g/mol. The molecule has 5 nitrogen and oxygen atoms in total. The summed E-state index contributed by atoms with van der Waals surface area (Å²) in [4.78, 5) is 12.8. The third-order valence-corrected chi connectivity index (χ3v) is 3.99. The first-order valence-electron chi connectivity index (χ1n) is 8.30. The van der Waals surface area contributed by atoms with Gasteiger partial charge in [0.05, 0.1) is 12.6 Å². The highest BCUT2D eigenvalue weighted by Gasteiger charge is 2.15. The molecule has 2 N–H and O–H groups in total. The quantitative estimate of drug-likeness (QED) is 0.761. The molecule has 0 aliphatic carbocycles.